The summed E-state index contributed by atoms with van der Waals surface area (Å²) in [6.45, 7) is 6.36. The van der Waals surface area contributed by atoms with Gasteiger partial charge in [0.25, 0.3) is 5.91 Å². The molecule has 0 unspecified atom stereocenters. The molecule has 0 saturated heterocycles. The van der Waals surface area contributed by atoms with Crippen molar-refractivity contribution in [3.8, 4) is 5.75 Å². The first-order valence-electron chi connectivity index (χ1n) is 9.47. The first-order chi connectivity index (χ1) is 13.8. The third kappa shape index (κ3) is 7.38. The molecule has 0 radical (unpaired) electrons. The van der Waals surface area contributed by atoms with Crippen molar-refractivity contribution in [1.29, 1.82) is 0 Å². The van der Waals surface area contributed by atoms with Gasteiger partial charge in [-0.05, 0) is 53.8 Å². The average Bonchev–Trinajstić information content (AvgIpc) is 2.65. The molecule has 0 spiro atoms. The van der Waals surface area contributed by atoms with Crippen molar-refractivity contribution in [2.45, 2.75) is 33.1 Å². The number of carbonyl (C=O) groups excluding carboxylic acids is 2. The highest BCUT2D eigenvalue weighted by Crippen LogP contribution is 2.31. The standard InChI is InChI=1S/C22H26ClFN2O3/c1-14(2)18-12-19(23)15(3)9-20(18)29-13-22(28)26-8-7-25-21(27)11-16-5-4-6-17(24)10-16/h4-6,9-10,12,14H,7-8,11,13H2,1-3H3,(H,25,27)(H,26,28). The van der Waals surface area contributed by atoms with Crippen LogP contribution in [0.2, 0.25) is 5.02 Å². The average molecular weight is 421 g/mol. The van der Waals surface area contributed by atoms with E-state index in [1.54, 1.807) is 12.1 Å². The van der Waals surface area contributed by atoms with Crippen molar-refractivity contribution in [1.82, 2.24) is 10.6 Å². The van der Waals surface area contributed by atoms with Crippen molar-refractivity contribution >= 4 is 23.4 Å². The molecule has 0 atom stereocenters. The Morgan fingerprint density at radius 2 is 1.79 bits per heavy atom. The molecule has 0 fully saturated rings. The van der Waals surface area contributed by atoms with E-state index < -0.39 is 0 Å². The number of rotatable bonds is 9. The van der Waals surface area contributed by atoms with E-state index >= 15 is 0 Å². The SMILES string of the molecule is Cc1cc(OCC(=O)NCCNC(=O)Cc2cccc(F)c2)c(C(C)C)cc1Cl. The lowest BCUT2D eigenvalue weighted by Gasteiger charge is -2.16. The summed E-state index contributed by atoms with van der Waals surface area (Å²) < 4.78 is 18.8. The van der Waals surface area contributed by atoms with E-state index in [0.29, 0.717) is 16.3 Å². The predicted molar refractivity (Wildman–Crippen MR) is 112 cm³/mol. The number of benzene rings is 2. The molecule has 156 valence electrons. The monoisotopic (exact) mass is 420 g/mol. The summed E-state index contributed by atoms with van der Waals surface area (Å²) in [5.74, 6) is -0.0509. The van der Waals surface area contributed by atoms with Gasteiger partial charge in [-0.1, -0.05) is 37.6 Å². The number of hydrogen-bond donors (Lipinski definition) is 2. The van der Waals surface area contributed by atoms with Gasteiger partial charge in [0.15, 0.2) is 6.61 Å². The van der Waals surface area contributed by atoms with Crippen molar-refractivity contribution in [3.05, 3.63) is 63.9 Å². The summed E-state index contributed by atoms with van der Waals surface area (Å²) in [6.07, 6.45) is 0.0860. The minimum absolute atomic E-state index is 0.0860. The third-order valence-corrected chi connectivity index (χ3v) is 4.70. The number of halogens is 2. The number of carbonyl (C=O) groups is 2. The third-order valence-electron chi connectivity index (χ3n) is 4.29. The highest BCUT2D eigenvalue weighted by atomic mass is 35.5. The predicted octanol–water partition coefficient (Wildman–Crippen LogP) is 3.76. The molecule has 2 aromatic rings. The zero-order valence-electron chi connectivity index (χ0n) is 16.9. The highest BCUT2D eigenvalue weighted by Gasteiger charge is 2.12. The molecule has 0 heterocycles. The summed E-state index contributed by atoms with van der Waals surface area (Å²) >= 11 is 6.17. The second-order valence-electron chi connectivity index (χ2n) is 7.09. The van der Waals surface area contributed by atoms with Crippen LogP contribution in [-0.2, 0) is 16.0 Å². The van der Waals surface area contributed by atoms with E-state index in [1.807, 2.05) is 32.9 Å². The van der Waals surface area contributed by atoms with Gasteiger partial charge in [0.1, 0.15) is 11.6 Å². The van der Waals surface area contributed by atoms with Gasteiger partial charge in [0.05, 0.1) is 6.42 Å². The number of nitrogens with one attached hydrogen (secondary N) is 2. The van der Waals surface area contributed by atoms with E-state index in [9.17, 15) is 14.0 Å². The van der Waals surface area contributed by atoms with Crippen LogP contribution < -0.4 is 15.4 Å². The van der Waals surface area contributed by atoms with Crippen LogP contribution in [0.4, 0.5) is 4.39 Å². The number of aryl methyl sites for hydroxylation is 1. The summed E-state index contributed by atoms with van der Waals surface area (Å²) in [6, 6.07) is 9.59. The molecule has 2 aromatic carbocycles. The molecule has 0 aromatic heterocycles. The Labute approximate surface area is 175 Å². The fourth-order valence-corrected chi connectivity index (χ4v) is 2.91. The number of hydrogen-bond acceptors (Lipinski definition) is 3. The maximum atomic E-state index is 13.1. The number of amides is 2. The first-order valence-corrected chi connectivity index (χ1v) is 9.84. The maximum absolute atomic E-state index is 13.1. The Morgan fingerprint density at radius 3 is 2.45 bits per heavy atom. The molecule has 2 N–H and O–H groups in total. The minimum atomic E-state index is -0.376. The maximum Gasteiger partial charge on any atom is 0.258 e. The van der Waals surface area contributed by atoms with Crippen LogP contribution in [0.15, 0.2) is 36.4 Å². The van der Waals surface area contributed by atoms with Gasteiger partial charge >= 0.3 is 0 Å². The molecule has 0 bridgehead atoms. The molecular weight excluding hydrogens is 395 g/mol. The van der Waals surface area contributed by atoms with Gasteiger partial charge in [0.2, 0.25) is 5.91 Å². The lowest BCUT2D eigenvalue weighted by Crippen LogP contribution is -2.37. The van der Waals surface area contributed by atoms with Crippen LogP contribution >= 0.6 is 11.6 Å². The first kappa shape index (κ1) is 22.7. The van der Waals surface area contributed by atoms with E-state index in [0.717, 1.165) is 11.1 Å². The van der Waals surface area contributed by atoms with Gasteiger partial charge in [0, 0.05) is 18.1 Å². The highest BCUT2D eigenvalue weighted by molar-refractivity contribution is 6.31. The molecule has 0 aliphatic carbocycles. The summed E-state index contributed by atoms with van der Waals surface area (Å²) in [7, 11) is 0. The van der Waals surface area contributed by atoms with E-state index in [4.69, 9.17) is 16.3 Å². The number of ether oxygens (including phenoxy) is 1. The molecule has 2 amide bonds. The van der Waals surface area contributed by atoms with Crippen LogP contribution in [0.5, 0.6) is 5.75 Å². The van der Waals surface area contributed by atoms with Crippen molar-refractivity contribution in [2.75, 3.05) is 19.7 Å². The van der Waals surface area contributed by atoms with Gasteiger partial charge in [-0.15, -0.1) is 0 Å². The summed E-state index contributed by atoms with van der Waals surface area (Å²) in [5.41, 5.74) is 2.42. The van der Waals surface area contributed by atoms with Gasteiger partial charge < -0.3 is 15.4 Å². The van der Waals surface area contributed by atoms with Crippen LogP contribution in [0, 0.1) is 12.7 Å². The van der Waals surface area contributed by atoms with Crippen molar-refractivity contribution < 1.29 is 18.7 Å². The van der Waals surface area contributed by atoms with Gasteiger partial charge in [-0.3, -0.25) is 9.59 Å². The normalized spacial score (nSPS) is 10.7. The van der Waals surface area contributed by atoms with Crippen LogP contribution in [0.25, 0.3) is 0 Å². The van der Waals surface area contributed by atoms with Gasteiger partial charge in [-0.25, -0.2) is 4.39 Å². The summed E-state index contributed by atoms with van der Waals surface area (Å²) in [4.78, 5) is 23.9. The fraction of sp³-hybridized carbons (Fsp3) is 0.364. The summed E-state index contributed by atoms with van der Waals surface area (Å²) in [5, 5.41) is 6.04. The zero-order chi connectivity index (χ0) is 21.4. The molecule has 29 heavy (non-hydrogen) atoms. The van der Waals surface area contributed by atoms with Crippen molar-refractivity contribution in [3.63, 3.8) is 0 Å². The molecule has 0 saturated carbocycles. The largest absolute Gasteiger partial charge is 0.483 e. The minimum Gasteiger partial charge on any atom is -0.483 e. The van der Waals surface area contributed by atoms with E-state index in [-0.39, 0.29) is 49.7 Å². The topological polar surface area (TPSA) is 67.4 Å². The van der Waals surface area contributed by atoms with Crippen LogP contribution in [0.1, 0.15) is 36.5 Å². The van der Waals surface area contributed by atoms with E-state index in [1.165, 1.54) is 12.1 Å². The second-order valence-corrected chi connectivity index (χ2v) is 7.50. The molecule has 0 aliphatic heterocycles. The molecule has 7 heteroatoms. The van der Waals surface area contributed by atoms with Gasteiger partial charge in [-0.2, -0.15) is 0 Å². The fourth-order valence-electron chi connectivity index (χ4n) is 2.74. The van der Waals surface area contributed by atoms with E-state index in [2.05, 4.69) is 10.6 Å². The Bertz CT molecular complexity index is 871. The quantitative estimate of drug-likeness (QED) is 0.607. The molecular formula is C22H26ClFN2O3. The Kier molecular flexibility index (Phi) is 8.46. The Morgan fingerprint density at radius 1 is 1.10 bits per heavy atom. The lowest BCUT2D eigenvalue weighted by molar-refractivity contribution is -0.124. The second kappa shape index (κ2) is 10.8. The molecule has 5 nitrogen and oxygen atoms in total. The van der Waals surface area contributed by atoms with Crippen molar-refractivity contribution in [2.24, 2.45) is 0 Å². The Balaban J connectivity index is 1.72. The molecule has 0 aliphatic rings. The Hall–Kier alpha value is -2.60. The lowest BCUT2D eigenvalue weighted by atomic mass is 10.0. The van der Waals surface area contributed by atoms with Crippen LogP contribution in [0.3, 0.4) is 0 Å². The van der Waals surface area contributed by atoms with Crippen LogP contribution in [-0.4, -0.2) is 31.5 Å². The smallest absolute Gasteiger partial charge is 0.258 e. The molecule has 2 rings (SSSR count). The zero-order valence-corrected chi connectivity index (χ0v) is 17.6.